The Labute approximate surface area is 120 Å². The fourth-order valence-electron chi connectivity index (χ4n) is 1.52. The van der Waals surface area contributed by atoms with Gasteiger partial charge in [0.1, 0.15) is 11.6 Å². The summed E-state index contributed by atoms with van der Waals surface area (Å²) in [6.07, 6.45) is 0. The molecular formula is C14H12ClFN2O2. The molecule has 0 aliphatic rings. The molecule has 2 aromatic rings. The number of amides is 1. The topological polar surface area (TPSA) is 64.3 Å². The van der Waals surface area contributed by atoms with Gasteiger partial charge in [0.25, 0.3) is 5.91 Å². The summed E-state index contributed by atoms with van der Waals surface area (Å²) in [7, 11) is 0. The van der Waals surface area contributed by atoms with Gasteiger partial charge in [-0.3, -0.25) is 4.79 Å². The number of nitrogen functional groups attached to an aromatic ring is 1. The predicted octanol–water partition coefficient (Wildman–Crippen LogP) is 3.08. The monoisotopic (exact) mass is 294 g/mol. The second-order valence-electron chi connectivity index (χ2n) is 4.04. The molecule has 0 atom stereocenters. The smallest absolute Gasteiger partial charge is 0.262 e. The fourth-order valence-corrected chi connectivity index (χ4v) is 1.70. The van der Waals surface area contributed by atoms with Gasteiger partial charge in [0, 0.05) is 17.4 Å². The molecule has 0 aliphatic carbocycles. The van der Waals surface area contributed by atoms with Crippen LogP contribution < -0.4 is 15.8 Å². The quantitative estimate of drug-likeness (QED) is 0.852. The number of carbonyl (C=O) groups excluding carboxylic acids is 1. The number of rotatable bonds is 4. The normalized spacial score (nSPS) is 10.1. The summed E-state index contributed by atoms with van der Waals surface area (Å²) in [5, 5.41) is 2.49. The van der Waals surface area contributed by atoms with Gasteiger partial charge in [-0.1, -0.05) is 17.7 Å². The van der Waals surface area contributed by atoms with Crippen LogP contribution in [0.2, 0.25) is 5.02 Å². The second-order valence-corrected chi connectivity index (χ2v) is 4.45. The molecule has 0 radical (unpaired) electrons. The molecule has 4 nitrogen and oxygen atoms in total. The van der Waals surface area contributed by atoms with Gasteiger partial charge in [0.15, 0.2) is 6.61 Å². The van der Waals surface area contributed by atoms with Crippen molar-refractivity contribution in [1.29, 1.82) is 0 Å². The van der Waals surface area contributed by atoms with Crippen LogP contribution in [0.4, 0.5) is 15.8 Å². The van der Waals surface area contributed by atoms with Crippen LogP contribution in [-0.4, -0.2) is 12.5 Å². The molecular weight excluding hydrogens is 283 g/mol. The first-order valence-electron chi connectivity index (χ1n) is 5.78. The van der Waals surface area contributed by atoms with E-state index >= 15 is 0 Å². The van der Waals surface area contributed by atoms with E-state index in [1.54, 1.807) is 24.3 Å². The van der Waals surface area contributed by atoms with E-state index in [9.17, 15) is 9.18 Å². The zero-order valence-electron chi connectivity index (χ0n) is 10.4. The van der Waals surface area contributed by atoms with Crippen LogP contribution >= 0.6 is 11.6 Å². The van der Waals surface area contributed by atoms with Crippen LogP contribution in [0.5, 0.6) is 5.75 Å². The zero-order valence-corrected chi connectivity index (χ0v) is 11.2. The molecule has 1 amide bonds. The van der Waals surface area contributed by atoms with E-state index in [0.29, 0.717) is 17.1 Å². The standard InChI is InChI=1S/C14H12ClFN2O2/c15-12-7-10(4-5-13(12)16)18-14(19)8-20-11-3-1-2-9(17)6-11/h1-7H,8,17H2,(H,18,19). The maximum Gasteiger partial charge on any atom is 0.262 e. The molecule has 0 saturated carbocycles. The lowest BCUT2D eigenvalue weighted by molar-refractivity contribution is -0.118. The van der Waals surface area contributed by atoms with E-state index in [1.807, 2.05) is 0 Å². The van der Waals surface area contributed by atoms with Gasteiger partial charge in [-0.15, -0.1) is 0 Å². The number of nitrogens with two attached hydrogens (primary N) is 1. The molecule has 0 aromatic heterocycles. The minimum absolute atomic E-state index is 0.0560. The highest BCUT2D eigenvalue weighted by Gasteiger charge is 2.06. The van der Waals surface area contributed by atoms with E-state index in [-0.39, 0.29) is 17.5 Å². The first-order chi connectivity index (χ1) is 9.54. The lowest BCUT2D eigenvalue weighted by Crippen LogP contribution is -2.20. The third kappa shape index (κ3) is 3.86. The van der Waals surface area contributed by atoms with Gasteiger partial charge in [0.05, 0.1) is 5.02 Å². The molecule has 0 aliphatic heterocycles. The number of carbonyl (C=O) groups is 1. The van der Waals surface area contributed by atoms with Gasteiger partial charge >= 0.3 is 0 Å². The highest BCUT2D eigenvalue weighted by molar-refractivity contribution is 6.31. The van der Waals surface area contributed by atoms with Crippen molar-refractivity contribution < 1.29 is 13.9 Å². The van der Waals surface area contributed by atoms with E-state index in [2.05, 4.69) is 5.32 Å². The van der Waals surface area contributed by atoms with Crippen molar-refractivity contribution >= 4 is 28.9 Å². The molecule has 0 heterocycles. The summed E-state index contributed by atoms with van der Waals surface area (Å²) in [6.45, 7) is -0.182. The Bertz CT molecular complexity index is 634. The molecule has 2 rings (SSSR count). The van der Waals surface area contributed by atoms with Crippen LogP contribution in [0.15, 0.2) is 42.5 Å². The number of ether oxygens (including phenoxy) is 1. The Morgan fingerprint density at radius 3 is 2.80 bits per heavy atom. The molecule has 2 aromatic carbocycles. The van der Waals surface area contributed by atoms with Crippen molar-refractivity contribution in [1.82, 2.24) is 0 Å². The van der Waals surface area contributed by atoms with Gasteiger partial charge < -0.3 is 15.8 Å². The van der Waals surface area contributed by atoms with Crippen molar-refractivity contribution in [2.24, 2.45) is 0 Å². The van der Waals surface area contributed by atoms with Crippen molar-refractivity contribution in [3.05, 3.63) is 53.3 Å². The summed E-state index contributed by atoms with van der Waals surface area (Å²) in [5.74, 6) is -0.423. The van der Waals surface area contributed by atoms with Crippen molar-refractivity contribution in [3.63, 3.8) is 0 Å². The molecule has 3 N–H and O–H groups in total. The summed E-state index contributed by atoms with van der Waals surface area (Å²) < 4.78 is 18.2. The van der Waals surface area contributed by atoms with Crippen LogP contribution in [0.25, 0.3) is 0 Å². The molecule has 6 heteroatoms. The molecule has 104 valence electrons. The third-order valence-corrected chi connectivity index (χ3v) is 2.72. The second kappa shape index (κ2) is 6.25. The van der Waals surface area contributed by atoms with Gasteiger partial charge in [-0.2, -0.15) is 0 Å². The number of anilines is 2. The molecule has 0 fully saturated rings. The number of benzene rings is 2. The Kier molecular flexibility index (Phi) is 4.42. The molecule has 20 heavy (non-hydrogen) atoms. The summed E-state index contributed by atoms with van der Waals surface area (Å²) in [4.78, 5) is 11.7. The Morgan fingerprint density at radius 2 is 2.10 bits per heavy atom. The lowest BCUT2D eigenvalue weighted by Gasteiger charge is -2.08. The van der Waals surface area contributed by atoms with Crippen LogP contribution in [0.3, 0.4) is 0 Å². The maximum absolute atomic E-state index is 13.0. The highest BCUT2D eigenvalue weighted by atomic mass is 35.5. The maximum atomic E-state index is 13.0. The van der Waals surface area contributed by atoms with E-state index in [4.69, 9.17) is 22.1 Å². The number of nitrogens with one attached hydrogen (secondary N) is 1. The van der Waals surface area contributed by atoms with Crippen molar-refractivity contribution in [2.75, 3.05) is 17.7 Å². The Morgan fingerprint density at radius 1 is 1.30 bits per heavy atom. The SMILES string of the molecule is Nc1cccc(OCC(=O)Nc2ccc(F)c(Cl)c2)c1. The highest BCUT2D eigenvalue weighted by Crippen LogP contribution is 2.19. The molecule has 0 bridgehead atoms. The average molecular weight is 295 g/mol. The number of hydrogen-bond donors (Lipinski definition) is 2. The van der Waals surface area contributed by atoms with Crippen LogP contribution in [0.1, 0.15) is 0 Å². The van der Waals surface area contributed by atoms with Crippen LogP contribution in [0, 0.1) is 5.82 Å². The zero-order chi connectivity index (χ0) is 14.5. The van der Waals surface area contributed by atoms with Crippen molar-refractivity contribution in [3.8, 4) is 5.75 Å². The fraction of sp³-hybridized carbons (Fsp3) is 0.0714. The van der Waals surface area contributed by atoms with E-state index < -0.39 is 5.82 Å². The van der Waals surface area contributed by atoms with Crippen molar-refractivity contribution in [2.45, 2.75) is 0 Å². The molecule has 0 saturated heterocycles. The first-order valence-corrected chi connectivity index (χ1v) is 6.15. The minimum Gasteiger partial charge on any atom is -0.484 e. The Balaban J connectivity index is 1.91. The van der Waals surface area contributed by atoms with Gasteiger partial charge in [0.2, 0.25) is 0 Å². The summed E-state index contributed by atoms with van der Waals surface area (Å²) in [5.41, 5.74) is 6.54. The van der Waals surface area contributed by atoms with Crippen LogP contribution in [-0.2, 0) is 4.79 Å². The third-order valence-electron chi connectivity index (χ3n) is 2.43. The Hall–Kier alpha value is -2.27. The number of halogens is 2. The molecule has 0 spiro atoms. The van der Waals surface area contributed by atoms with E-state index in [0.717, 1.165) is 0 Å². The largest absolute Gasteiger partial charge is 0.484 e. The summed E-state index contributed by atoms with van der Waals surface area (Å²) in [6, 6.07) is 10.7. The first kappa shape index (κ1) is 14.1. The van der Waals surface area contributed by atoms with Gasteiger partial charge in [-0.25, -0.2) is 4.39 Å². The predicted molar refractivity (Wildman–Crippen MR) is 76.4 cm³/mol. The number of hydrogen-bond acceptors (Lipinski definition) is 3. The minimum atomic E-state index is -0.541. The van der Waals surface area contributed by atoms with E-state index in [1.165, 1.54) is 18.2 Å². The molecule has 0 unspecified atom stereocenters. The lowest BCUT2D eigenvalue weighted by atomic mass is 10.3. The summed E-state index contributed by atoms with van der Waals surface area (Å²) >= 11 is 5.62. The van der Waals surface area contributed by atoms with Gasteiger partial charge in [-0.05, 0) is 30.3 Å². The average Bonchev–Trinajstić information content (AvgIpc) is 2.41.